The number of halogens is 2. The number of methoxy groups -OCH3 is 2. The lowest BCUT2D eigenvalue weighted by Gasteiger charge is -2.17. The van der Waals surface area contributed by atoms with E-state index in [9.17, 15) is 4.79 Å². The Morgan fingerprint density at radius 3 is 1.42 bits per heavy atom. The fourth-order valence-electron chi connectivity index (χ4n) is 7.48. The summed E-state index contributed by atoms with van der Waals surface area (Å²) in [7, 11) is 0.387. The highest BCUT2D eigenvalue weighted by molar-refractivity contribution is 6.42. The molecule has 1 aliphatic rings. The highest BCUT2D eigenvalue weighted by atomic mass is 19.2. The number of rotatable bonds is 34. The van der Waals surface area contributed by atoms with E-state index in [0.29, 0.717) is 167 Å². The Balaban J connectivity index is 1.17. The van der Waals surface area contributed by atoms with E-state index >= 15 is 8.63 Å². The van der Waals surface area contributed by atoms with Gasteiger partial charge >= 0.3 is 7.40 Å². The molecule has 13 nitrogen and oxygen atoms in total. The molecule has 16 heteroatoms. The van der Waals surface area contributed by atoms with Crippen LogP contribution in [0.25, 0.3) is 23.8 Å². The van der Waals surface area contributed by atoms with Gasteiger partial charge in [0.2, 0.25) is 0 Å². The summed E-state index contributed by atoms with van der Waals surface area (Å²) >= 11 is 0. The quantitative estimate of drug-likeness (QED) is 0.0222. The molecule has 0 fully saturated rings. The van der Waals surface area contributed by atoms with Gasteiger partial charge in [0.15, 0.2) is 0 Å². The largest absolute Gasteiger partial charge is 0.678 e. The number of hydrogen-bond acceptors (Lipinski definition) is 12. The van der Waals surface area contributed by atoms with Crippen molar-refractivity contribution in [2.75, 3.05) is 107 Å². The summed E-state index contributed by atoms with van der Waals surface area (Å²) in [6.45, 7) is 10.2. The first-order valence-corrected chi connectivity index (χ1v) is 24.3. The average Bonchev–Trinajstić information content (AvgIpc) is 3.95. The molecule has 0 atom stereocenters. The first-order chi connectivity index (χ1) is 35.8. The number of carbonyl (C=O) groups is 1. The highest BCUT2D eigenvalue weighted by Crippen LogP contribution is 2.38. The zero-order valence-electron chi connectivity index (χ0n) is 42.1. The van der Waals surface area contributed by atoms with Gasteiger partial charge in [-0.25, -0.2) is 4.99 Å². The number of nitrogens with zero attached hydrogens (tertiary/aromatic N) is 2. The Morgan fingerprint density at radius 1 is 0.534 bits per heavy atom. The third kappa shape index (κ3) is 18.4. The molecular weight excluding hydrogens is 937 g/mol. The molecule has 2 heterocycles. The monoisotopic (exact) mass is 1000 g/mol. The molecule has 5 aromatic rings. The molecule has 0 radical (unpaired) electrons. The van der Waals surface area contributed by atoms with Crippen molar-refractivity contribution in [1.82, 2.24) is 4.48 Å². The standard InChI is InChI=1S/C57H65BF2N2O11/c1-43-40-49(16-6-45-8-18-52(19-9-45)72-38-36-68-34-32-66-30-28-64-3)61-56(43)55(48-14-24-54(25-15-48)71-27-5-26-70-51-22-12-47(42-63)13-23-51)57-44(2)41-50(62(57)58(59)60)17-7-46-10-20-53(21-11-46)73-39-37-69-35-33-67-31-29-65-4/h6-25,40-42H,5,26-39H2,1-4H3/b16-6+,17-7+,56-55-. The Labute approximate surface area is 427 Å². The molecule has 0 N–H and O–H groups in total. The molecule has 0 bridgehead atoms. The van der Waals surface area contributed by atoms with Crippen molar-refractivity contribution in [2.24, 2.45) is 4.99 Å². The first-order valence-electron chi connectivity index (χ1n) is 24.3. The van der Waals surface area contributed by atoms with E-state index < -0.39 is 7.40 Å². The van der Waals surface area contributed by atoms with Gasteiger partial charge in [-0.05, 0) is 127 Å². The van der Waals surface area contributed by atoms with Gasteiger partial charge in [-0.1, -0.05) is 48.6 Å². The molecule has 1 aliphatic heterocycles. The van der Waals surface area contributed by atoms with Crippen LogP contribution in [0, 0.1) is 6.92 Å². The topological polar surface area (TPSA) is 127 Å². The van der Waals surface area contributed by atoms with E-state index in [4.69, 9.17) is 52.4 Å². The lowest BCUT2D eigenvalue weighted by atomic mass is 9.94. The van der Waals surface area contributed by atoms with Crippen LogP contribution < -0.4 is 18.9 Å². The van der Waals surface area contributed by atoms with E-state index in [2.05, 4.69) is 0 Å². The van der Waals surface area contributed by atoms with E-state index in [-0.39, 0.29) is 0 Å². The summed E-state index contributed by atoms with van der Waals surface area (Å²) in [6, 6.07) is 31.2. The van der Waals surface area contributed by atoms with Crippen molar-refractivity contribution >= 4 is 43.2 Å². The number of hydrogen-bond donors (Lipinski definition) is 0. The van der Waals surface area contributed by atoms with Crippen molar-refractivity contribution in [2.45, 2.75) is 20.3 Å². The van der Waals surface area contributed by atoms with E-state index in [1.54, 1.807) is 56.7 Å². The molecule has 0 spiro atoms. The number of carbonyl (C=O) groups excluding carboxylic acids is 1. The van der Waals surface area contributed by atoms with Crippen molar-refractivity contribution in [1.29, 1.82) is 0 Å². The van der Waals surface area contributed by atoms with Crippen LogP contribution in [0.4, 0.5) is 8.63 Å². The molecule has 386 valence electrons. The fourth-order valence-corrected chi connectivity index (χ4v) is 7.48. The van der Waals surface area contributed by atoms with Crippen molar-refractivity contribution in [3.8, 4) is 23.0 Å². The Hall–Kier alpha value is -6.66. The zero-order chi connectivity index (χ0) is 51.5. The molecule has 0 amide bonds. The van der Waals surface area contributed by atoms with E-state index in [0.717, 1.165) is 27.5 Å². The number of allylic oxidation sites excluding steroid dienone is 3. The minimum atomic E-state index is -2.87. The van der Waals surface area contributed by atoms with Crippen molar-refractivity contribution < 1.29 is 60.8 Å². The summed E-state index contributed by atoms with van der Waals surface area (Å²) in [4.78, 5) is 16.0. The molecule has 0 saturated heterocycles. The maximum atomic E-state index is 15.5. The Bertz CT molecular complexity index is 2590. The number of aromatic nitrogens is 1. The molecule has 0 unspecified atom stereocenters. The van der Waals surface area contributed by atoms with Crippen LogP contribution in [-0.4, -0.2) is 131 Å². The van der Waals surface area contributed by atoms with Crippen LogP contribution in [-0.2, 0) is 28.4 Å². The third-order valence-electron chi connectivity index (χ3n) is 11.1. The number of aryl methyl sites for hydroxylation is 1. The van der Waals surface area contributed by atoms with Gasteiger partial charge < -0.3 is 51.8 Å². The summed E-state index contributed by atoms with van der Waals surface area (Å²) in [5, 5.41) is 0. The van der Waals surface area contributed by atoms with Crippen LogP contribution >= 0.6 is 0 Å². The van der Waals surface area contributed by atoms with Gasteiger partial charge in [-0.3, -0.25) is 13.4 Å². The van der Waals surface area contributed by atoms with Crippen LogP contribution in [0.1, 0.15) is 57.3 Å². The van der Waals surface area contributed by atoms with Crippen LogP contribution in [0.5, 0.6) is 23.0 Å². The van der Waals surface area contributed by atoms with Gasteiger partial charge in [0.25, 0.3) is 0 Å². The second-order valence-electron chi connectivity index (χ2n) is 16.5. The van der Waals surface area contributed by atoms with E-state index in [1.165, 1.54) is 0 Å². The lowest BCUT2D eigenvalue weighted by Crippen LogP contribution is -2.18. The Kier molecular flexibility index (Phi) is 23.7. The summed E-state index contributed by atoms with van der Waals surface area (Å²) < 4.78 is 87.6. The number of ether oxygens (including phenoxy) is 10. The molecule has 0 aliphatic carbocycles. The van der Waals surface area contributed by atoms with Gasteiger partial charge in [0.1, 0.15) is 42.5 Å². The molecule has 4 aromatic carbocycles. The minimum Gasteiger partial charge on any atom is -0.493 e. The maximum Gasteiger partial charge on any atom is 0.678 e. The zero-order valence-corrected chi connectivity index (χ0v) is 42.1. The number of aldehydes is 1. The van der Waals surface area contributed by atoms with Gasteiger partial charge in [-0.2, -0.15) is 0 Å². The summed E-state index contributed by atoms with van der Waals surface area (Å²) in [5.41, 5.74) is 6.98. The molecule has 6 rings (SSSR count). The predicted octanol–water partition coefficient (Wildman–Crippen LogP) is 10.4. The van der Waals surface area contributed by atoms with Gasteiger partial charge in [-0.15, -0.1) is 0 Å². The fraction of sp³-hybridized carbons (Fsp3) is 0.333. The smallest absolute Gasteiger partial charge is 0.493 e. The van der Waals surface area contributed by atoms with Crippen LogP contribution in [0.3, 0.4) is 0 Å². The first kappa shape index (κ1) is 55.7. The summed E-state index contributed by atoms with van der Waals surface area (Å²) in [6.07, 6.45) is 10.7. The molecular formula is C57H65BF2N2O11. The van der Waals surface area contributed by atoms with Crippen LogP contribution in [0.15, 0.2) is 132 Å². The SMILES string of the molecule is COCCOCCOCCOc1ccc(/C=C/C2=NC(=C(/c3ccc(OCCCOc4ccc(C=O)cc4)cc3)c3c(C)cc(/C=C/c4ccc(OCCOCCOCCOC)cc4)n3B(F)F)/C(C)=C2)cc1. The molecule has 73 heavy (non-hydrogen) atoms. The lowest BCUT2D eigenvalue weighted by molar-refractivity contribution is 0.0180. The van der Waals surface area contributed by atoms with Crippen LogP contribution in [0.2, 0.25) is 0 Å². The predicted molar refractivity (Wildman–Crippen MR) is 282 cm³/mol. The van der Waals surface area contributed by atoms with Crippen molar-refractivity contribution in [3.63, 3.8) is 0 Å². The average molecular weight is 1000 g/mol. The maximum absolute atomic E-state index is 15.5. The third-order valence-corrected chi connectivity index (χ3v) is 11.1. The molecule has 1 aromatic heterocycles. The Morgan fingerprint density at radius 2 is 0.959 bits per heavy atom. The van der Waals surface area contributed by atoms with Crippen molar-refractivity contribution in [3.05, 3.63) is 166 Å². The highest BCUT2D eigenvalue weighted by Gasteiger charge is 2.30. The number of aliphatic imine (C=N–C) groups is 1. The second-order valence-corrected chi connectivity index (χ2v) is 16.5. The minimum absolute atomic E-state index is 0.332. The number of benzene rings is 4. The normalized spacial score (nSPS) is 13.1. The second kappa shape index (κ2) is 31.0. The van der Waals surface area contributed by atoms with Gasteiger partial charge in [0, 0.05) is 43.2 Å². The summed E-state index contributed by atoms with van der Waals surface area (Å²) in [5.74, 6) is 2.67. The molecule has 0 saturated carbocycles. The van der Waals surface area contributed by atoms with Gasteiger partial charge in [0.05, 0.1) is 90.7 Å². The van der Waals surface area contributed by atoms with E-state index in [1.807, 2.05) is 105 Å².